The van der Waals surface area contributed by atoms with E-state index in [0.717, 1.165) is 11.8 Å². The van der Waals surface area contributed by atoms with Crippen molar-refractivity contribution >= 4 is 28.7 Å². The van der Waals surface area contributed by atoms with E-state index >= 15 is 0 Å². The first-order chi connectivity index (χ1) is 10.6. The Hall–Kier alpha value is -1.97. The van der Waals surface area contributed by atoms with Crippen molar-refractivity contribution in [3.63, 3.8) is 0 Å². The van der Waals surface area contributed by atoms with Gasteiger partial charge >= 0.3 is 0 Å². The van der Waals surface area contributed by atoms with Gasteiger partial charge in [0.25, 0.3) is 0 Å². The zero-order valence-electron chi connectivity index (χ0n) is 11.1. The number of hydrogen-bond donors (Lipinski definition) is 4. The number of rotatable bonds is 3. The van der Waals surface area contributed by atoms with E-state index in [9.17, 15) is 15.3 Å². The maximum atomic E-state index is 10.2. The number of fused-ring (bicyclic) bond motifs is 1. The van der Waals surface area contributed by atoms with Crippen LogP contribution in [-0.4, -0.2) is 59.8 Å². The number of nitrogen functional groups attached to an aromatic ring is 1. The van der Waals surface area contributed by atoms with Gasteiger partial charge in [-0.05, 0) is 0 Å². The summed E-state index contributed by atoms with van der Waals surface area (Å²) in [6.45, 7) is -0.459. The first-order valence-corrected chi connectivity index (χ1v) is 7.07. The Labute approximate surface area is 128 Å². The number of anilines is 1. The normalized spacial score (nSPS) is 28.1. The number of thiocyanates is 1. The van der Waals surface area contributed by atoms with E-state index in [4.69, 9.17) is 15.7 Å². The predicted molar refractivity (Wildman–Crippen MR) is 74.2 cm³/mol. The van der Waals surface area contributed by atoms with Gasteiger partial charge in [-0.1, -0.05) is 0 Å². The molecule has 2 aromatic rings. The molecule has 11 heteroatoms. The average Bonchev–Trinajstić information content (AvgIpc) is 3.00. The number of nitriles is 1. The third-order valence-electron chi connectivity index (χ3n) is 3.38. The van der Waals surface area contributed by atoms with E-state index in [0.29, 0.717) is 0 Å². The molecule has 0 aliphatic carbocycles. The molecule has 1 aliphatic rings. The molecule has 5 N–H and O–H groups in total. The highest BCUT2D eigenvalue weighted by atomic mass is 32.2. The monoisotopic (exact) mass is 324 g/mol. The third kappa shape index (κ3) is 2.18. The van der Waals surface area contributed by atoms with E-state index in [-0.39, 0.29) is 22.1 Å². The summed E-state index contributed by atoms with van der Waals surface area (Å²) in [6, 6.07) is 0. The van der Waals surface area contributed by atoms with Gasteiger partial charge in [-0.2, -0.15) is 5.26 Å². The zero-order chi connectivity index (χ0) is 15.9. The van der Waals surface area contributed by atoms with Crippen LogP contribution in [0, 0.1) is 10.7 Å². The Bertz CT molecular complexity index is 746. The molecule has 1 aliphatic heterocycles. The smallest absolute Gasteiger partial charge is 0.187 e. The zero-order valence-corrected chi connectivity index (χ0v) is 11.9. The molecular formula is C11H12N6O4S. The van der Waals surface area contributed by atoms with E-state index in [1.807, 2.05) is 5.40 Å². The van der Waals surface area contributed by atoms with Crippen LogP contribution in [0.3, 0.4) is 0 Å². The summed E-state index contributed by atoms with van der Waals surface area (Å²) >= 11 is 0.734. The molecule has 10 nitrogen and oxygen atoms in total. The lowest BCUT2D eigenvalue weighted by atomic mass is 10.1. The highest BCUT2D eigenvalue weighted by molar-refractivity contribution is 8.03. The van der Waals surface area contributed by atoms with Crippen molar-refractivity contribution in [1.82, 2.24) is 19.5 Å². The molecule has 0 bridgehead atoms. The van der Waals surface area contributed by atoms with E-state index in [1.54, 1.807) is 0 Å². The van der Waals surface area contributed by atoms with Crippen LogP contribution < -0.4 is 5.73 Å². The molecule has 116 valence electrons. The van der Waals surface area contributed by atoms with Crippen molar-refractivity contribution in [3.8, 4) is 5.40 Å². The predicted octanol–water partition coefficient (Wildman–Crippen LogP) is -1.41. The van der Waals surface area contributed by atoms with Crippen LogP contribution >= 0.6 is 11.8 Å². The van der Waals surface area contributed by atoms with E-state index in [1.165, 1.54) is 10.9 Å². The molecule has 1 fully saturated rings. The summed E-state index contributed by atoms with van der Waals surface area (Å²) < 4.78 is 6.83. The van der Waals surface area contributed by atoms with E-state index < -0.39 is 31.1 Å². The molecule has 0 amide bonds. The van der Waals surface area contributed by atoms with Crippen molar-refractivity contribution in [1.29, 1.82) is 5.26 Å². The molecule has 0 aromatic carbocycles. The molecule has 2 aromatic heterocycles. The fourth-order valence-electron chi connectivity index (χ4n) is 2.34. The highest BCUT2D eigenvalue weighted by Gasteiger charge is 2.45. The number of thioether (sulfide) groups is 1. The van der Waals surface area contributed by atoms with Gasteiger partial charge in [-0.3, -0.25) is 4.57 Å². The van der Waals surface area contributed by atoms with Crippen molar-refractivity contribution in [2.75, 3.05) is 12.3 Å². The standard InChI is InChI=1S/C11H12N6O4S/c12-2-22-11-16-5-8(13)14-3-15-9(5)17(11)10-7(20)6(19)4(1-18)21-10/h3-4,6-7,10,18-20H,1H2,(H2,13,14,15)/t4-,6-,7-,10-/m1/s1. The second kappa shape index (κ2) is 5.67. The van der Waals surface area contributed by atoms with Crippen molar-refractivity contribution in [2.24, 2.45) is 0 Å². The number of ether oxygens (including phenoxy) is 1. The topological polar surface area (TPSA) is 163 Å². The van der Waals surface area contributed by atoms with Gasteiger partial charge in [-0.25, -0.2) is 15.0 Å². The van der Waals surface area contributed by atoms with Crippen molar-refractivity contribution in [2.45, 2.75) is 29.7 Å². The minimum absolute atomic E-state index is 0.121. The SMILES string of the molecule is N#CSc1nc2c(N)ncnc2n1[C@@H]1O[C@H](CO)[C@@H](O)[C@H]1O. The minimum Gasteiger partial charge on any atom is -0.394 e. The summed E-state index contributed by atoms with van der Waals surface area (Å²) in [6.07, 6.45) is -3.37. The van der Waals surface area contributed by atoms with Crippen LogP contribution in [0.25, 0.3) is 11.2 Å². The van der Waals surface area contributed by atoms with Gasteiger partial charge in [0, 0.05) is 11.8 Å². The van der Waals surface area contributed by atoms with Gasteiger partial charge in [0.15, 0.2) is 28.4 Å². The quantitative estimate of drug-likeness (QED) is 0.389. The maximum Gasteiger partial charge on any atom is 0.187 e. The molecule has 3 rings (SSSR count). The lowest BCUT2D eigenvalue weighted by Gasteiger charge is -2.18. The number of hydrogen-bond acceptors (Lipinski definition) is 10. The van der Waals surface area contributed by atoms with Crippen LogP contribution in [0.1, 0.15) is 6.23 Å². The number of aliphatic hydroxyl groups excluding tert-OH is 3. The lowest BCUT2D eigenvalue weighted by Crippen LogP contribution is -2.33. The molecular weight excluding hydrogens is 312 g/mol. The molecule has 22 heavy (non-hydrogen) atoms. The molecule has 0 radical (unpaired) electrons. The van der Waals surface area contributed by atoms with Crippen LogP contribution in [0.15, 0.2) is 11.5 Å². The second-order valence-electron chi connectivity index (χ2n) is 4.62. The third-order valence-corrected chi connectivity index (χ3v) is 3.94. The Morgan fingerprint density at radius 3 is 2.82 bits per heavy atom. The fourth-order valence-corrected chi connectivity index (χ4v) is 2.85. The Morgan fingerprint density at radius 2 is 2.18 bits per heavy atom. The van der Waals surface area contributed by atoms with Crippen molar-refractivity contribution < 1.29 is 20.1 Å². The lowest BCUT2D eigenvalue weighted by molar-refractivity contribution is -0.0548. The largest absolute Gasteiger partial charge is 0.394 e. The van der Waals surface area contributed by atoms with Gasteiger partial charge in [0.05, 0.1) is 6.61 Å². The molecule has 1 saturated heterocycles. The Balaban J connectivity index is 2.15. The summed E-state index contributed by atoms with van der Waals surface area (Å²) in [5, 5.41) is 40.2. The molecule has 0 saturated carbocycles. The number of nitrogens with two attached hydrogens (primary N) is 1. The number of aromatic nitrogens is 4. The van der Waals surface area contributed by atoms with Crippen LogP contribution in [-0.2, 0) is 4.74 Å². The second-order valence-corrected chi connectivity index (χ2v) is 5.37. The summed E-state index contributed by atoms with van der Waals surface area (Å²) in [5.41, 5.74) is 6.26. The van der Waals surface area contributed by atoms with Gasteiger partial charge in [0.1, 0.15) is 30.0 Å². The summed E-state index contributed by atoms with van der Waals surface area (Å²) in [4.78, 5) is 12.0. The number of imidazole rings is 1. The van der Waals surface area contributed by atoms with Gasteiger partial charge in [0.2, 0.25) is 0 Å². The summed E-state index contributed by atoms with van der Waals surface area (Å²) in [7, 11) is 0. The van der Waals surface area contributed by atoms with E-state index in [2.05, 4.69) is 15.0 Å². The fraction of sp³-hybridized carbons (Fsp3) is 0.455. The maximum absolute atomic E-state index is 10.2. The molecule has 0 spiro atoms. The summed E-state index contributed by atoms with van der Waals surface area (Å²) in [5.74, 6) is 0.121. The van der Waals surface area contributed by atoms with Gasteiger partial charge < -0.3 is 25.8 Å². The highest BCUT2D eigenvalue weighted by Crippen LogP contribution is 2.35. The Morgan fingerprint density at radius 1 is 1.41 bits per heavy atom. The number of aliphatic hydroxyl groups is 3. The minimum atomic E-state index is -1.32. The van der Waals surface area contributed by atoms with Crippen LogP contribution in [0.5, 0.6) is 0 Å². The van der Waals surface area contributed by atoms with Gasteiger partial charge in [-0.15, -0.1) is 0 Å². The first kappa shape index (κ1) is 14.9. The van der Waals surface area contributed by atoms with Crippen molar-refractivity contribution in [3.05, 3.63) is 6.33 Å². The molecule has 3 heterocycles. The molecule has 0 unspecified atom stereocenters. The number of nitrogens with zero attached hydrogens (tertiary/aromatic N) is 5. The molecule has 4 atom stereocenters. The average molecular weight is 324 g/mol. The van der Waals surface area contributed by atoms with Crippen LogP contribution in [0.4, 0.5) is 5.82 Å². The first-order valence-electron chi connectivity index (χ1n) is 6.25. The van der Waals surface area contributed by atoms with Crippen LogP contribution in [0.2, 0.25) is 0 Å². The Kier molecular flexibility index (Phi) is 3.85.